The van der Waals surface area contributed by atoms with E-state index in [1.54, 1.807) is 0 Å². The molecule has 0 heterocycles. The predicted molar refractivity (Wildman–Crippen MR) is 96.3 cm³/mol. The van der Waals surface area contributed by atoms with Gasteiger partial charge in [0.15, 0.2) is 0 Å². The number of ether oxygens (including phenoxy) is 1. The molecular weight excluding hydrogens is 318 g/mol. The topological polar surface area (TPSA) is 79.8 Å². The summed E-state index contributed by atoms with van der Waals surface area (Å²) in [7, 11) is 0. The molecule has 0 bridgehead atoms. The Morgan fingerprint density at radius 1 is 1.04 bits per heavy atom. The maximum Gasteiger partial charge on any atom is 0.249 e. The van der Waals surface area contributed by atoms with Gasteiger partial charge in [0.2, 0.25) is 11.8 Å². The van der Waals surface area contributed by atoms with Crippen molar-refractivity contribution in [1.82, 2.24) is 10.7 Å². The summed E-state index contributed by atoms with van der Waals surface area (Å²) in [4.78, 5) is 23.4. The van der Waals surface area contributed by atoms with Crippen LogP contribution in [0.25, 0.3) is 0 Å². The highest BCUT2D eigenvalue weighted by Gasteiger charge is 2.08. The van der Waals surface area contributed by atoms with Gasteiger partial charge in [-0.2, -0.15) is 5.10 Å². The normalized spacial score (nSPS) is 10.4. The maximum atomic E-state index is 11.7. The number of hydrogen-bond acceptors (Lipinski definition) is 4. The highest BCUT2D eigenvalue weighted by atomic mass is 16.5. The van der Waals surface area contributed by atoms with E-state index in [2.05, 4.69) is 15.8 Å². The Bertz CT molecular complexity index is 712. The van der Waals surface area contributed by atoms with Crippen molar-refractivity contribution >= 4 is 18.0 Å². The summed E-state index contributed by atoms with van der Waals surface area (Å²) in [6, 6.07) is 16.8. The van der Waals surface area contributed by atoms with Gasteiger partial charge < -0.3 is 10.1 Å². The first-order valence-electron chi connectivity index (χ1n) is 8.02. The number of benzene rings is 2. The first-order chi connectivity index (χ1) is 12.2. The lowest BCUT2D eigenvalue weighted by Crippen LogP contribution is -2.29. The van der Waals surface area contributed by atoms with E-state index >= 15 is 0 Å². The highest BCUT2D eigenvalue weighted by Crippen LogP contribution is 2.10. The smallest absolute Gasteiger partial charge is 0.249 e. The maximum absolute atomic E-state index is 11.7. The Hall–Kier alpha value is -3.15. The molecule has 2 aromatic carbocycles. The van der Waals surface area contributed by atoms with Crippen LogP contribution in [0.2, 0.25) is 0 Å². The van der Waals surface area contributed by atoms with E-state index in [0.29, 0.717) is 13.2 Å². The molecule has 0 fully saturated rings. The molecule has 0 aromatic heterocycles. The zero-order chi connectivity index (χ0) is 17.9. The molecule has 0 saturated heterocycles. The molecule has 6 heteroatoms. The second-order valence-corrected chi connectivity index (χ2v) is 5.23. The lowest BCUT2D eigenvalue weighted by molar-refractivity contribution is -0.129. The summed E-state index contributed by atoms with van der Waals surface area (Å²) in [5.74, 6) is -0.0378. The first kappa shape index (κ1) is 18.2. The van der Waals surface area contributed by atoms with Gasteiger partial charge in [-0.05, 0) is 42.3 Å². The average molecular weight is 339 g/mol. The van der Waals surface area contributed by atoms with Crippen LogP contribution in [0.1, 0.15) is 24.5 Å². The number of hydrogen-bond donors (Lipinski definition) is 2. The molecule has 130 valence electrons. The summed E-state index contributed by atoms with van der Waals surface area (Å²) in [5.41, 5.74) is 4.13. The molecule has 0 radical (unpaired) electrons. The van der Waals surface area contributed by atoms with Gasteiger partial charge in [-0.3, -0.25) is 9.59 Å². The molecule has 0 aliphatic rings. The Kier molecular flexibility index (Phi) is 7.18. The lowest BCUT2D eigenvalue weighted by Gasteiger charge is -2.04. The fourth-order valence-electron chi connectivity index (χ4n) is 2.04. The van der Waals surface area contributed by atoms with Crippen molar-refractivity contribution < 1.29 is 14.3 Å². The van der Waals surface area contributed by atoms with E-state index < -0.39 is 5.91 Å². The molecule has 2 rings (SSSR count). The van der Waals surface area contributed by atoms with Crippen molar-refractivity contribution in [2.45, 2.75) is 19.9 Å². The first-order valence-corrected chi connectivity index (χ1v) is 8.02. The zero-order valence-corrected chi connectivity index (χ0v) is 14.1. The van der Waals surface area contributed by atoms with Crippen LogP contribution in [-0.4, -0.2) is 24.6 Å². The van der Waals surface area contributed by atoms with Gasteiger partial charge in [0.25, 0.3) is 0 Å². The zero-order valence-electron chi connectivity index (χ0n) is 14.1. The van der Waals surface area contributed by atoms with Gasteiger partial charge in [-0.25, -0.2) is 5.43 Å². The molecule has 2 N–H and O–H groups in total. The van der Waals surface area contributed by atoms with Crippen LogP contribution in [0.3, 0.4) is 0 Å². The minimum Gasteiger partial charge on any atom is -0.494 e. The summed E-state index contributed by atoms with van der Waals surface area (Å²) in [6.07, 6.45) is 1.24. The van der Waals surface area contributed by atoms with Crippen molar-refractivity contribution in [2.75, 3.05) is 6.61 Å². The number of carbonyl (C=O) groups is 2. The second kappa shape index (κ2) is 9.87. The SMILES string of the molecule is CCOc1ccc(C=NNC(=O)CC(=O)NCc2ccccc2)cc1. The highest BCUT2D eigenvalue weighted by molar-refractivity contribution is 5.97. The Balaban J connectivity index is 1.71. The van der Waals surface area contributed by atoms with Crippen molar-refractivity contribution in [3.8, 4) is 5.75 Å². The van der Waals surface area contributed by atoms with Gasteiger partial charge in [0.05, 0.1) is 12.8 Å². The molecule has 25 heavy (non-hydrogen) atoms. The van der Waals surface area contributed by atoms with Crippen LogP contribution in [-0.2, 0) is 16.1 Å². The Morgan fingerprint density at radius 2 is 1.76 bits per heavy atom. The molecule has 0 aliphatic heterocycles. The number of nitrogens with zero attached hydrogens (tertiary/aromatic N) is 1. The second-order valence-electron chi connectivity index (χ2n) is 5.23. The minimum atomic E-state index is -0.465. The van der Waals surface area contributed by atoms with E-state index in [0.717, 1.165) is 16.9 Å². The quantitative estimate of drug-likeness (QED) is 0.440. The van der Waals surface area contributed by atoms with Crippen molar-refractivity contribution in [3.63, 3.8) is 0 Å². The largest absolute Gasteiger partial charge is 0.494 e. The fourth-order valence-corrected chi connectivity index (χ4v) is 2.04. The molecule has 0 saturated carbocycles. The van der Waals surface area contributed by atoms with Crippen LogP contribution >= 0.6 is 0 Å². The standard InChI is InChI=1S/C19H21N3O3/c1-2-25-17-10-8-16(9-11-17)14-21-22-19(24)12-18(23)20-13-15-6-4-3-5-7-15/h3-11,14H,2,12-13H2,1H3,(H,20,23)(H,22,24). The van der Waals surface area contributed by atoms with Gasteiger partial charge in [0.1, 0.15) is 12.2 Å². The molecule has 2 amide bonds. The number of carbonyl (C=O) groups excluding carboxylic acids is 2. The molecule has 0 spiro atoms. The van der Waals surface area contributed by atoms with E-state index in [-0.39, 0.29) is 12.3 Å². The van der Waals surface area contributed by atoms with Crippen LogP contribution in [0, 0.1) is 0 Å². The predicted octanol–water partition coefficient (Wildman–Crippen LogP) is 2.24. The van der Waals surface area contributed by atoms with E-state index in [1.807, 2.05) is 61.5 Å². The summed E-state index contributed by atoms with van der Waals surface area (Å²) in [5, 5.41) is 6.53. The van der Waals surface area contributed by atoms with E-state index in [9.17, 15) is 9.59 Å². The molecular formula is C19H21N3O3. The number of amides is 2. The monoisotopic (exact) mass is 339 g/mol. The molecule has 0 aliphatic carbocycles. The van der Waals surface area contributed by atoms with E-state index in [4.69, 9.17) is 4.74 Å². The summed E-state index contributed by atoms with van der Waals surface area (Å²) >= 11 is 0. The third kappa shape index (κ3) is 6.87. The van der Waals surface area contributed by atoms with Gasteiger partial charge in [0, 0.05) is 6.54 Å². The Morgan fingerprint density at radius 3 is 2.44 bits per heavy atom. The van der Waals surface area contributed by atoms with Crippen LogP contribution in [0.5, 0.6) is 5.75 Å². The fraction of sp³-hybridized carbons (Fsp3) is 0.211. The van der Waals surface area contributed by atoms with Gasteiger partial charge in [-0.1, -0.05) is 30.3 Å². The van der Waals surface area contributed by atoms with Crippen molar-refractivity contribution in [1.29, 1.82) is 0 Å². The molecule has 0 atom stereocenters. The number of hydrazone groups is 1. The molecule has 6 nitrogen and oxygen atoms in total. The van der Waals surface area contributed by atoms with Gasteiger partial charge in [-0.15, -0.1) is 0 Å². The average Bonchev–Trinajstić information content (AvgIpc) is 2.62. The van der Waals surface area contributed by atoms with Crippen molar-refractivity contribution in [2.24, 2.45) is 5.10 Å². The lowest BCUT2D eigenvalue weighted by atomic mass is 10.2. The summed E-state index contributed by atoms with van der Waals surface area (Å²) in [6.45, 7) is 2.92. The third-order valence-corrected chi connectivity index (χ3v) is 3.25. The van der Waals surface area contributed by atoms with Gasteiger partial charge >= 0.3 is 0 Å². The van der Waals surface area contributed by atoms with Crippen molar-refractivity contribution in [3.05, 3.63) is 65.7 Å². The summed E-state index contributed by atoms with van der Waals surface area (Å²) < 4.78 is 5.34. The minimum absolute atomic E-state index is 0.270. The van der Waals surface area contributed by atoms with Crippen LogP contribution in [0.15, 0.2) is 59.7 Å². The van der Waals surface area contributed by atoms with Crippen LogP contribution < -0.4 is 15.5 Å². The molecule has 2 aromatic rings. The number of nitrogens with one attached hydrogen (secondary N) is 2. The molecule has 0 unspecified atom stereocenters. The van der Waals surface area contributed by atoms with Crippen LogP contribution in [0.4, 0.5) is 0 Å². The number of rotatable bonds is 8. The third-order valence-electron chi connectivity index (χ3n) is 3.25. The Labute approximate surface area is 146 Å². The van der Waals surface area contributed by atoms with E-state index in [1.165, 1.54) is 6.21 Å².